The van der Waals surface area contributed by atoms with E-state index in [0.29, 0.717) is 0 Å². The molecule has 0 saturated carbocycles. The van der Waals surface area contributed by atoms with E-state index in [2.05, 4.69) is 95.6 Å². The third-order valence-electron chi connectivity index (χ3n) is 5.29. The highest BCUT2D eigenvalue weighted by Crippen LogP contribution is 2.36. The number of benzene rings is 3. The third kappa shape index (κ3) is 2.48. The van der Waals surface area contributed by atoms with E-state index in [1.165, 1.54) is 38.5 Å². The van der Waals surface area contributed by atoms with Crippen LogP contribution in [0, 0.1) is 0 Å². The highest BCUT2D eigenvalue weighted by molar-refractivity contribution is 6.12. The molecule has 0 unspecified atom stereocenters. The van der Waals surface area contributed by atoms with Gasteiger partial charge >= 0.3 is 0 Å². The number of allylic oxidation sites excluding steroid dienone is 4. The molecule has 0 atom stereocenters. The highest BCUT2D eigenvalue weighted by Gasteiger charge is 2.15. The summed E-state index contributed by atoms with van der Waals surface area (Å²) in [4.78, 5) is 0. The Morgan fingerprint density at radius 3 is 2.38 bits per heavy atom. The molecule has 1 aliphatic rings. The Labute approximate surface area is 153 Å². The molecule has 0 aliphatic heterocycles. The van der Waals surface area contributed by atoms with Gasteiger partial charge in [0.2, 0.25) is 0 Å². The van der Waals surface area contributed by atoms with Crippen LogP contribution in [0.1, 0.15) is 12.8 Å². The van der Waals surface area contributed by atoms with Gasteiger partial charge in [-0.25, -0.2) is 0 Å². The van der Waals surface area contributed by atoms with Crippen LogP contribution in [0.2, 0.25) is 0 Å². The summed E-state index contributed by atoms with van der Waals surface area (Å²) in [6.45, 7) is 0.921. The van der Waals surface area contributed by atoms with Crippen LogP contribution in [0.15, 0.2) is 96.6 Å². The number of fused-ring (bicyclic) bond motifs is 3. The summed E-state index contributed by atoms with van der Waals surface area (Å²) < 4.78 is 2.49. The van der Waals surface area contributed by atoms with Crippen LogP contribution in [-0.2, 0) is 6.54 Å². The Kier molecular flexibility index (Phi) is 3.71. The first-order valence-electron chi connectivity index (χ1n) is 9.33. The van der Waals surface area contributed by atoms with E-state index in [9.17, 15) is 0 Å². The molecule has 1 aromatic heterocycles. The lowest BCUT2D eigenvalue weighted by molar-refractivity contribution is 0.847. The molecular weight excluding hydrogens is 314 g/mol. The van der Waals surface area contributed by atoms with Gasteiger partial charge in [0.05, 0.1) is 5.52 Å². The van der Waals surface area contributed by atoms with Gasteiger partial charge in [-0.15, -0.1) is 0 Å². The second-order valence-electron chi connectivity index (χ2n) is 6.93. The Balaban J connectivity index is 1.82. The van der Waals surface area contributed by atoms with Crippen LogP contribution in [-0.4, -0.2) is 4.57 Å². The average molecular weight is 335 g/mol. The largest absolute Gasteiger partial charge is 0.335 e. The maximum Gasteiger partial charge on any atom is 0.0574 e. The van der Waals surface area contributed by atoms with Crippen LogP contribution >= 0.6 is 0 Å². The van der Waals surface area contributed by atoms with Crippen molar-refractivity contribution in [3.05, 3.63) is 96.6 Å². The Bertz CT molecular complexity index is 1140. The molecule has 26 heavy (non-hydrogen) atoms. The number of nitrogens with zero attached hydrogens (tertiary/aromatic N) is 1. The molecule has 0 saturated heterocycles. The summed E-state index contributed by atoms with van der Waals surface area (Å²) in [6, 6.07) is 26.2. The molecule has 3 aromatic carbocycles. The number of rotatable bonds is 3. The van der Waals surface area contributed by atoms with Gasteiger partial charge in [-0.1, -0.05) is 85.0 Å². The van der Waals surface area contributed by atoms with Gasteiger partial charge < -0.3 is 4.57 Å². The molecule has 126 valence electrons. The smallest absolute Gasteiger partial charge is 0.0574 e. The fourth-order valence-electron chi connectivity index (χ4n) is 4.09. The first-order chi connectivity index (χ1) is 12.9. The lowest BCUT2D eigenvalue weighted by Gasteiger charge is -2.13. The second kappa shape index (κ2) is 6.34. The molecule has 0 bridgehead atoms. The molecule has 0 amide bonds. The van der Waals surface area contributed by atoms with E-state index >= 15 is 0 Å². The Hall–Kier alpha value is -3.06. The van der Waals surface area contributed by atoms with E-state index in [-0.39, 0.29) is 0 Å². The monoisotopic (exact) mass is 335 g/mol. The zero-order valence-corrected chi connectivity index (χ0v) is 14.7. The number of para-hydroxylation sites is 2. The van der Waals surface area contributed by atoms with Crippen molar-refractivity contribution in [3.63, 3.8) is 0 Å². The summed E-state index contributed by atoms with van der Waals surface area (Å²) in [6.07, 6.45) is 9.27. The summed E-state index contributed by atoms with van der Waals surface area (Å²) >= 11 is 0. The molecule has 1 nitrogen and oxygen atoms in total. The van der Waals surface area contributed by atoms with Gasteiger partial charge in [0.25, 0.3) is 0 Å². The van der Waals surface area contributed by atoms with Crippen LogP contribution < -0.4 is 0 Å². The van der Waals surface area contributed by atoms with E-state index in [0.717, 1.165) is 19.4 Å². The van der Waals surface area contributed by atoms with Gasteiger partial charge in [-0.3, -0.25) is 0 Å². The Morgan fingerprint density at radius 1 is 0.731 bits per heavy atom. The summed E-state index contributed by atoms with van der Waals surface area (Å²) in [7, 11) is 0. The van der Waals surface area contributed by atoms with Crippen molar-refractivity contribution in [2.45, 2.75) is 19.4 Å². The number of aromatic nitrogens is 1. The zero-order chi connectivity index (χ0) is 17.3. The topological polar surface area (TPSA) is 4.93 Å². The first-order valence-corrected chi connectivity index (χ1v) is 9.33. The van der Waals surface area contributed by atoms with Crippen LogP contribution in [0.5, 0.6) is 0 Å². The lowest BCUT2D eigenvalue weighted by Crippen LogP contribution is -2.02. The molecular formula is C25H21N. The van der Waals surface area contributed by atoms with Gasteiger partial charge in [0, 0.05) is 28.4 Å². The third-order valence-corrected chi connectivity index (χ3v) is 5.29. The molecule has 1 aliphatic carbocycles. The molecule has 0 N–H and O–H groups in total. The average Bonchev–Trinajstić information content (AvgIpc) is 3.04. The van der Waals surface area contributed by atoms with Crippen LogP contribution in [0.25, 0.3) is 32.9 Å². The standard InChI is InChI=1S/C25H21N/c1-3-10-19(11-4-1)18-26-24-17-8-7-14-22(24)23-16-9-15-21(25(23)26)20-12-5-2-6-13-20/h2-3,5-17H,1,4,18H2. The van der Waals surface area contributed by atoms with E-state index in [1.54, 1.807) is 0 Å². The van der Waals surface area contributed by atoms with Crippen molar-refractivity contribution in [1.29, 1.82) is 0 Å². The summed E-state index contributed by atoms with van der Waals surface area (Å²) in [5.41, 5.74) is 6.63. The highest BCUT2D eigenvalue weighted by atomic mass is 15.0. The van der Waals surface area contributed by atoms with Crippen molar-refractivity contribution in [3.8, 4) is 11.1 Å². The Morgan fingerprint density at radius 2 is 1.54 bits per heavy atom. The molecule has 4 aromatic rings. The van der Waals surface area contributed by atoms with E-state index < -0.39 is 0 Å². The second-order valence-corrected chi connectivity index (χ2v) is 6.93. The minimum absolute atomic E-state index is 0.921. The predicted octanol–water partition coefficient (Wildman–Crippen LogP) is 6.74. The molecule has 1 heterocycles. The van der Waals surface area contributed by atoms with Crippen LogP contribution in [0.4, 0.5) is 0 Å². The molecule has 1 heteroatoms. The fraction of sp³-hybridized carbons (Fsp3) is 0.120. The first kappa shape index (κ1) is 15.2. The van der Waals surface area contributed by atoms with Gasteiger partial charge in [-0.05, 0) is 30.0 Å². The predicted molar refractivity (Wildman–Crippen MR) is 111 cm³/mol. The molecule has 0 fully saturated rings. The summed E-state index contributed by atoms with van der Waals surface area (Å²) in [5.74, 6) is 0. The van der Waals surface area contributed by atoms with Crippen LogP contribution in [0.3, 0.4) is 0 Å². The van der Waals surface area contributed by atoms with Gasteiger partial charge in [0.15, 0.2) is 0 Å². The quantitative estimate of drug-likeness (QED) is 0.391. The van der Waals surface area contributed by atoms with Crippen molar-refractivity contribution in [2.24, 2.45) is 0 Å². The maximum absolute atomic E-state index is 2.49. The van der Waals surface area contributed by atoms with Crippen molar-refractivity contribution in [1.82, 2.24) is 4.57 Å². The minimum atomic E-state index is 0.921. The molecule has 0 radical (unpaired) electrons. The fourth-order valence-corrected chi connectivity index (χ4v) is 4.09. The zero-order valence-electron chi connectivity index (χ0n) is 14.7. The maximum atomic E-state index is 2.49. The minimum Gasteiger partial charge on any atom is -0.335 e. The van der Waals surface area contributed by atoms with Gasteiger partial charge in [0.1, 0.15) is 0 Å². The molecule has 5 rings (SSSR count). The lowest BCUT2D eigenvalue weighted by atomic mass is 10.0. The summed E-state index contributed by atoms with van der Waals surface area (Å²) in [5, 5.41) is 2.67. The van der Waals surface area contributed by atoms with Crippen molar-refractivity contribution >= 4 is 21.8 Å². The number of hydrogen-bond donors (Lipinski definition) is 0. The van der Waals surface area contributed by atoms with E-state index in [4.69, 9.17) is 0 Å². The van der Waals surface area contributed by atoms with Gasteiger partial charge in [-0.2, -0.15) is 0 Å². The van der Waals surface area contributed by atoms with E-state index in [1.807, 2.05) is 0 Å². The van der Waals surface area contributed by atoms with Crippen molar-refractivity contribution in [2.75, 3.05) is 0 Å². The molecule has 0 spiro atoms. The normalized spacial score (nSPS) is 14.1. The SMILES string of the molecule is C1=CC(Cn2c3ccccc3c3cccc(-c4ccccc4)c32)=CCC1. The number of hydrogen-bond acceptors (Lipinski definition) is 0. The van der Waals surface area contributed by atoms with Crippen molar-refractivity contribution < 1.29 is 0 Å².